The predicted molar refractivity (Wildman–Crippen MR) is 90.0 cm³/mol. The van der Waals surface area contributed by atoms with Crippen molar-refractivity contribution in [3.63, 3.8) is 0 Å². The molecule has 1 heterocycles. The molecular weight excluding hydrogens is 276 g/mol. The fourth-order valence-electron chi connectivity index (χ4n) is 3.79. The zero-order valence-corrected chi connectivity index (χ0v) is 14.9. The Labute approximate surface area is 136 Å². The third-order valence-electron chi connectivity index (χ3n) is 4.76. The molecule has 2 aliphatic rings. The van der Waals surface area contributed by atoms with Gasteiger partial charge in [0.25, 0.3) is 0 Å². The Morgan fingerprint density at radius 2 is 1.86 bits per heavy atom. The molecule has 0 spiro atoms. The molecule has 4 nitrogen and oxygen atoms in total. The summed E-state index contributed by atoms with van der Waals surface area (Å²) < 4.78 is 5.55. The number of hydrogen-bond donors (Lipinski definition) is 1. The summed E-state index contributed by atoms with van der Waals surface area (Å²) in [5, 5.41) is 3.77. The quantitative estimate of drug-likeness (QED) is 0.850. The number of carbonyl (C=O) groups is 1. The van der Waals surface area contributed by atoms with E-state index < -0.39 is 5.60 Å². The molecule has 22 heavy (non-hydrogen) atoms. The molecule has 4 heteroatoms. The minimum Gasteiger partial charge on any atom is -0.444 e. The minimum absolute atomic E-state index is 0.139. The lowest BCUT2D eigenvalue weighted by Gasteiger charge is -2.32. The third kappa shape index (κ3) is 5.45. The average molecular weight is 310 g/mol. The largest absolute Gasteiger partial charge is 0.444 e. The van der Waals surface area contributed by atoms with Crippen molar-refractivity contribution in [3.8, 4) is 0 Å². The molecule has 2 fully saturated rings. The van der Waals surface area contributed by atoms with Gasteiger partial charge in [-0.05, 0) is 59.8 Å². The van der Waals surface area contributed by atoms with Crippen molar-refractivity contribution >= 4 is 6.09 Å². The third-order valence-corrected chi connectivity index (χ3v) is 4.76. The number of rotatable bonds is 4. The Bertz CT molecular complexity index is 359. The van der Waals surface area contributed by atoms with Crippen LogP contribution in [0.15, 0.2) is 0 Å². The van der Waals surface area contributed by atoms with E-state index in [1.807, 2.05) is 25.7 Å². The number of nitrogens with one attached hydrogen (secondary N) is 1. The van der Waals surface area contributed by atoms with Crippen LogP contribution in [0.25, 0.3) is 0 Å². The molecule has 0 aromatic rings. The highest BCUT2D eigenvalue weighted by Gasteiger charge is 2.33. The van der Waals surface area contributed by atoms with Crippen molar-refractivity contribution in [1.29, 1.82) is 0 Å². The first-order chi connectivity index (χ1) is 10.3. The van der Waals surface area contributed by atoms with Gasteiger partial charge in [-0.2, -0.15) is 0 Å². The summed E-state index contributed by atoms with van der Waals surface area (Å²) in [6.45, 7) is 8.91. The van der Waals surface area contributed by atoms with Crippen LogP contribution in [0.1, 0.15) is 79.1 Å². The average Bonchev–Trinajstić information content (AvgIpc) is 2.86. The van der Waals surface area contributed by atoms with Crippen LogP contribution >= 0.6 is 0 Å². The minimum atomic E-state index is -0.407. The van der Waals surface area contributed by atoms with Crippen molar-refractivity contribution in [1.82, 2.24) is 10.2 Å². The fourth-order valence-corrected chi connectivity index (χ4v) is 3.79. The molecule has 0 bridgehead atoms. The van der Waals surface area contributed by atoms with E-state index in [0.29, 0.717) is 18.1 Å². The van der Waals surface area contributed by atoms with Crippen LogP contribution in [0.4, 0.5) is 4.79 Å². The van der Waals surface area contributed by atoms with Gasteiger partial charge in [-0.15, -0.1) is 0 Å². The highest BCUT2D eigenvalue weighted by molar-refractivity contribution is 5.68. The van der Waals surface area contributed by atoms with Crippen molar-refractivity contribution in [2.75, 3.05) is 6.54 Å². The SMILES string of the molecule is CC(CC1CCCN1C(=O)OC(C)(C)C)NC1CCCCC1. The standard InChI is InChI=1S/C18H34N2O2/c1-14(19-15-9-6-5-7-10-15)13-16-11-8-12-20(16)17(21)22-18(2,3)4/h14-16,19H,5-13H2,1-4H3. The lowest BCUT2D eigenvalue weighted by atomic mass is 9.94. The van der Waals surface area contributed by atoms with Crippen LogP contribution in [0.5, 0.6) is 0 Å². The Balaban J connectivity index is 1.81. The highest BCUT2D eigenvalue weighted by Crippen LogP contribution is 2.25. The number of likely N-dealkylation sites (tertiary alicyclic amines) is 1. The van der Waals surface area contributed by atoms with Gasteiger partial charge in [0, 0.05) is 24.7 Å². The van der Waals surface area contributed by atoms with Crippen molar-refractivity contribution in [3.05, 3.63) is 0 Å². The van der Waals surface area contributed by atoms with E-state index in [-0.39, 0.29) is 6.09 Å². The van der Waals surface area contributed by atoms with Crippen molar-refractivity contribution in [2.45, 2.75) is 103 Å². The zero-order valence-electron chi connectivity index (χ0n) is 14.9. The van der Waals surface area contributed by atoms with Crippen molar-refractivity contribution < 1.29 is 9.53 Å². The number of amides is 1. The smallest absolute Gasteiger partial charge is 0.410 e. The second-order valence-electron chi connectivity index (χ2n) is 8.11. The lowest BCUT2D eigenvalue weighted by molar-refractivity contribution is 0.0213. The maximum atomic E-state index is 12.3. The second kappa shape index (κ2) is 7.67. The number of hydrogen-bond acceptors (Lipinski definition) is 3. The topological polar surface area (TPSA) is 41.6 Å². The summed E-state index contributed by atoms with van der Waals surface area (Å²) in [6.07, 6.45) is 9.83. The molecule has 2 atom stereocenters. The Morgan fingerprint density at radius 3 is 2.50 bits per heavy atom. The lowest BCUT2D eigenvalue weighted by Crippen LogP contribution is -2.44. The van der Waals surface area contributed by atoms with E-state index in [4.69, 9.17) is 4.74 Å². The molecule has 2 unspecified atom stereocenters. The van der Waals surface area contributed by atoms with Crippen LogP contribution < -0.4 is 5.32 Å². The van der Waals surface area contributed by atoms with Crippen LogP contribution in [0, 0.1) is 0 Å². The zero-order chi connectivity index (χ0) is 16.2. The van der Waals surface area contributed by atoms with Gasteiger partial charge in [0.15, 0.2) is 0 Å². The fraction of sp³-hybridized carbons (Fsp3) is 0.944. The van der Waals surface area contributed by atoms with E-state index in [0.717, 1.165) is 25.8 Å². The number of carbonyl (C=O) groups excluding carboxylic acids is 1. The number of ether oxygens (including phenoxy) is 1. The van der Waals surface area contributed by atoms with Gasteiger partial charge in [0.1, 0.15) is 5.60 Å². The molecule has 128 valence electrons. The van der Waals surface area contributed by atoms with Crippen LogP contribution in [-0.2, 0) is 4.74 Å². The Hall–Kier alpha value is -0.770. The van der Waals surface area contributed by atoms with Gasteiger partial charge in [0.05, 0.1) is 0 Å². The molecule has 1 amide bonds. The van der Waals surface area contributed by atoms with Gasteiger partial charge < -0.3 is 15.0 Å². The molecule has 1 saturated heterocycles. The molecule has 0 aromatic heterocycles. The van der Waals surface area contributed by atoms with E-state index >= 15 is 0 Å². The van der Waals surface area contributed by atoms with Gasteiger partial charge in [0.2, 0.25) is 0 Å². The van der Waals surface area contributed by atoms with Gasteiger partial charge in [-0.3, -0.25) is 0 Å². The van der Waals surface area contributed by atoms with Crippen LogP contribution in [0.2, 0.25) is 0 Å². The molecule has 1 aliphatic heterocycles. The Kier molecular flexibility index (Phi) is 6.13. The molecule has 0 radical (unpaired) electrons. The molecule has 1 saturated carbocycles. The van der Waals surface area contributed by atoms with Crippen LogP contribution in [-0.4, -0.2) is 41.3 Å². The summed E-state index contributed by atoms with van der Waals surface area (Å²) in [5.41, 5.74) is -0.407. The van der Waals surface area contributed by atoms with Gasteiger partial charge >= 0.3 is 6.09 Å². The Morgan fingerprint density at radius 1 is 1.18 bits per heavy atom. The van der Waals surface area contributed by atoms with Crippen molar-refractivity contribution in [2.24, 2.45) is 0 Å². The van der Waals surface area contributed by atoms with E-state index in [1.165, 1.54) is 32.1 Å². The molecule has 0 aromatic carbocycles. The van der Waals surface area contributed by atoms with Gasteiger partial charge in [-0.25, -0.2) is 4.79 Å². The maximum Gasteiger partial charge on any atom is 0.410 e. The van der Waals surface area contributed by atoms with E-state index in [9.17, 15) is 4.79 Å². The van der Waals surface area contributed by atoms with E-state index in [1.54, 1.807) is 0 Å². The first-order valence-corrected chi connectivity index (χ1v) is 9.11. The summed E-state index contributed by atoms with van der Waals surface area (Å²) >= 11 is 0. The first kappa shape index (κ1) is 17.6. The summed E-state index contributed by atoms with van der Waals surface area (Å²) in [4.78, 5) is 14.3. The summed E-state index contributed by atoms with van der Waals surface area (Å²) in [6, 6.07) is 1.48. The summed E-state index contributed by atoms with van der Waals surface area (Å²) in [7, 11) is 0. The molecule has 2 rings (SSSR count). The normalized spacial score (nSPS) is 25.3. The highest BCUT2D eigenvalue weighted by atomic mass is 16.6. The summed E-state index contributed by atoms with van der Waals surface area (Å²) in [5.74, 6) is 0. The molecular formula is C18H34N2O2. The van der Waals surface area contributed by atoms with Gasteiger partial charge in [-0.1, -0.05) is 19.3 Å². The maximum absolute atomic E-state index is 12.3. The molecule has 1 N–H and O–H groups in total. The monoisotopic (exact) mass is 310 g/mol. The predicted octanol–water partition coefficient (Wildman–Crippen LogP) is 4.09. The molecule has 1 aliphatic carbocycles. The first-order valence-electron chi connectivity index (χ1n) is 9.11. The van der Waals surface area contributed by atoms with E-state index in [2.05, 4.69) is 12.2 Å². The number of nitrogens with zero attached hydrogens (tertiary/aromatic N) is 1. The van der Waals surface area contributed by atoms with Crippen LogP contribution in [0.3, 0.4) is 0 Å². The second-order valence-corrected chi connectivity index (χ2v) is 8.11.